The maximum atomic E-state index is 11.4. The lowest BCUT2D eigenvalue weighted by Crippen LogP contribution is -2.50. The van der Waals surface area contributed by atoms with E-state index in [9.17, 15) is 4.79 Å². The van der Waals surface area contributed by atoms with Crippen LogP contribution in [0.1, 0.15) is 20.3 Å². The molecule has 0 aliphatic carbocycles. The van der Waals surface area contributed by atoms with E-state index < -0.39 is 0 Å². The lowest BCUT2D eigenvalue weighted by molar-refractivity contribution is -0.214. The van der Waals surface area contributed by atoms with Gasteiger partial charge in [-0.05, 0) is 13.8 Å². The van der Waals surface area contributed by atoms with E-state index in [0.29, 0.717) is 13.0 Å². The van der Waals surface area contributed by atoms with Crippen LogP contribution in [0.25, 0.3) is 0 Å². The van der Waals surface area contributed by atoms with Crippen molar-refractivity contribution in [3.05, 3.63) is 0 Å². The Morgan fingerprint density at radius 1 is 1.60 bits per heavy atom. The Labute approximate surface area is 89.3 Å². The zero-order valence-corrected chi connectivity index (χ0v) is 9.30. The molecular formula is C10H17NO4. The fraction of sp³-hybridized carbons (Fsp3) is 0.900. The Morgan fingerprint density at radius 3 is 3.00 bits per heavy atom. The molecule has 0 radical (unpaired) electrons. The maximum absolute atomic E-state index is 11.4. The summed E-state index contributed by atoms with van der Waals surface area (Å²) in [5.74, 6) is 0. The van der Waals surface area contributed by atoms with Crippen LogP contribution in [0.4, 0.5) is 4.79 Å². The van der Waals surface area contributed by atoms with Gasteiger partial charge in [-0.25, -0.2) is 4.79 Å². The summed E-state index contributed by atoms with van der Waals surface area (Å²) in [5.41, 5.74) is 0. The van der Waals surface area contributed by atoms with E-state index >= 15 is 0 Å². The van der Waals surface area contributed by atoms with Gasteiger partial charge in [-0.15, -0.1) is 0 Å². The van der Waals surface area contributed by atoms with Crippen molar-refractivity contribution in [2.45, 2.75) is 44.8 Å². The molecule has 2 aliphatic rings. The third-order valence-electron chi connectivity index (χ3n) is 2.99. The Balaban J connectivity index is 2.05. The van der Waals surface area contributed by atoms with Gasteiger partial charge in [-0.1, -0.05) is 0 Å². The van der Waals surface area contributed by atoms with E-state index in [4.69, 9.17) is 14.2 Å². The standard InChI is InChI=1S/C10H17NO4/c1-4-13-8-5-7-9(6(2)14-8)11(3)10(12)15-7/h6-9H,4-5H2,1-3H3. The Hall–Kier alpha value is -0.810. The van der Waals surface area contributed by atoms with E-state index in [2.05, 4.69) is 0 Å². The minimum Gasteiger partial charge on any atom is -0.444 e. The van der Waals surface area contributed by atoms with Gasteiger partial charge in [-0.2, -0.15) is 0 Å². The van der Waals surface area contributed by atoms with E-state index in [-0.39, 0.29) is 30.6 Å². The van der Waals surface area contributed by atoms with Gasteiger partial charge in [0.15, 0.2) is 6.29 Å². The highest BCUT2D eigenvalue weighted by atomic mass is 16.7. The van der Waals surface area contributed by atoms with Crippen LogP contribution in [0.3, 0.4) is 0 Å². The minimum atomic E-state index is -0.266. The lowest BCUT2D eigenvalue weighted by atomic mass is 9.99. The van der Waals surface area contributed by atoms with Crippen LogP contribution in [0.5, 0.6) is 0 Å². The SMILES string of the molecule is CCOC1CC2OC(=O)N(C)C2C(C)O1. The number of fused-ring (bicyclic) bond motifs is 1. The number of hydrogen-bond donors (Lipinski definition) is 0. The van der Waals surface area contributed by atoms with Crippen molar-refractivity contribution in [3.8, 4) is 0 Å². The molecule has 4 unspecified atom stereocenters. The molecule has 0 spiro atoms. The zero-order valence-electron chi connectivity index (χ0n) is 9.30. The van der Waals surface area contributed by atoms with Crippen molar-refractivity contribution in [1.29, 1.82) is 0 Å². The molecule has 5 nitrogen and oxygen atoms in total. The lowest BCUT2D eigenvalue weighted by Gasteiger charge is -2.36. The summed E-state index contributed by atoms with van der Waals surface area (Å²) in [6.07, 6.45) is -0.0263. The van der Waals surface area contributed by atoms with Crippen molar-refractivity contribution >= 4 is 6.09 Å². The van der Waals surface area contributed by atoms with Gasteiger partial charge in [0.1, 0.15) is 6.10 Å². The maximum Gasteiger partial charge on any atom is 0.410 e. The van der Waals surface area contributed by atoms with E-state index in [1.807, 2.05) is 13.8 Å². The summed E-state index contributed by atoms with van der Waals surface area (Å²) in [5, 5.41) is 0. The molecule has 86 valence electrons. The number of hydrogen-bond acceptors (Lipinski definition) is 4. The molecule has 0 bridgehead atoms. The highest BCUT2D eigenvalue weighted by molar-refractivity contribution is 5.70. The van der Waals surface area contributed by atoms with Crippen molar-refractivity contribution in [2.24, 2.45) is 0 Å². The van der Waals surface area contributed by atoms with Crippen LogP contribution >= 0.6 is 0 Å². The van der Waals surface area contributed by atoms with E-state index in [1.165, 1.54) is 0 Å². The zero-order chi connectivity index (χ0) is 11.0. The summed E-state index contributed by atoms with van der Waals surface area (Å²) in [6, 6.07) is 0.0224. The number of carbonyl (C=O) groups excluding carboxylic acids is 1. The third kappa shape index (κ3) is 1.81. The average molecular weight is 215 g/mol. The predicted molar refractivity (Wildman–Crippen MR) is 52.4 cm³/mol. The largest absolute Gasteiger partial charge is 0.444 e. The summed E-state index contributed by atoms with van der Waals surface area (Å²) in [7, 11) is 1.74. The van der Waals surface area contributed by atoms with Crippen LogP contribution in [-0.2, 0) is 14.2 Å². The molecule has 0 N–H and O–H groups in total. The molecule has 2 heterocycles. The molecular weight excluding hydrogens is 198 g/mol. The van der Waals surface area contributed by atoms with Crippen molar-refractivity contribution in [1.82, 2.24) is 4.90 Å². The molecule has 15 heavy (non-hydrogen) atoms. The van der Waals surface area contributed by atoms with Crippen LogP contribution in [-0.4, -0.2) is 49.2 Å². The summed E-state index contributed by atoms with van der Waals surface area (Å²) in [6.45, 7) is 4.48. The van der Waals surface area contributed by atoms with Crippen molar-refractivity contribution in [2.75, 3.05) is 13.7 Å². The average Bonchev–Trinajstić information content (AvgIpc) is 2.43. The molecule has 0 aromatic carbocycles. The number of ether oxygens (including phenoxy) is 3. The molecule has 0 aromatic heterocycles. The van der Waals surface area contributed by atoms with E-state index in [1.54, 1.807) is 11.9 Å². The number of rotatable bonds is 2. The smallest absolute Gasteiger partial charge is 0.410 e. The van der Waals surface area contributed by atoms with Crippen LogP contribution in [0.2, 0.25) is 0 Å². The first-order chi connectivity index (χ1) is 7.13. The molecule has 4 atom stereocenters. The molecule has 2 fully saturated rings. The van der Waals surface area contributed by atoms with Gasteiger partial charge in [-0.3, -0.25) is 0 Å². The first kappa shape index (κ1) is 10.7. The highest BCUT2D eigenvalue weighted by Crippen LogP contribution is 2.31. The Bertz CT molecular complexity index is 258. The van der Waals surface area contributed by atoms with Crippen molar-refractivity contribution < 1.29 is 19.0 Å². The second kappa shape index (κ2) is 3.98. The van der Waals surface area contributed by atoms with Gasteiger partial charge in [0.25, 0.3) is 0 Å². The molecule has 0 saturated carbocycles. The molecule has 0 aromatic rings. The molecule has 2 rings (SSSR count). The monoisotopic (exact) mass is 215 g/mol. The quantitative estimate of drug-likeness (QED) is 0.689. The third-order valence-corrected chi connectivity index (χ3v) is 2.99. The van der Waals surface area contributed by atoms with E-state index in [0.717, 1.165) is 0 Å². The second-order valence-corrected chi connectivity index (χ2v) is 3.99. The highest BCUT2D eigenvalue weighted by Gasteiger charge is 2.48. The number of likely N-dealkylation sites (N-methyl/N-ethyl adjacent to an activating group) is 1. The molecule has 5 heteroatoms. The minimum absolute atomic E-state index is 0.0224. The van der Waals surface area contributed by atoms with Gasteiger partial charge in [0.2, 0.25) is 0 Å². The van der Waals surface area contributed by atoms with Crippen LogP contribution < -0.4 is 0 Å². The first-order valence-corrected chi connectivity index (χ1v) is 5.34. The molecule has 2 saturated heterocycles. The second-order valence-electron chi connectivity index (χ2n) is 3.99. The number of carbonyl (C=O) groups is 1. The fourth-order valence-corrected chi connectivity index (χ4v) is 2.32. The topological polar surface area (TPSA) is 48.0 Å². The van der Waals surface area contributed by atoms with Gasteiger partial charge in [0.05, 0.1) is 12.1 Å². The predicted octanol–water partition coefficient (Wildman–Crippen LogP) is 0.977. The van der Waals surface area contributed by atoms with Gasteiger partial charge in [0, 0.05) is 20.1 Å². The van der Waals surface area contributed by atoms with Crippen LogP contribution in [0, 0.1) is 0 Å². The number of nitrogens with zero attached hydrogens (tertiary/aromatic N) is 1. The fourth-order valence-electron chi connectivity index (χ4n) is 2.32. The number of amides is 1. The summed E-state index contributed by atoms with van der Waals surface area (Å²) in [4.78, 5) is 13.0. The molecule has 2 aliphatic heterocycles. The Kier molecular flexibility index (Phi) is 2.84. The normalized spacial score (nSPS) is 40.2. The van der Waals surface area contributed by atoms with Crippen LogP contribution in [0.15, 0.2) is 0 Å². The van der Waals surface area contributed by atoms with Gasteiger partial charge >= 0.3 is 6.09 Å². The van der Waals surface area contributed by atoms with Crippen molar-refractivity contribution in [3.63, 3.8) is 0 Å². The summed E-state index contributed by atoms with van der Waals surface area (Å²) < 4.78 is 16.3. The molecule has 1 amide bonds. The van der Waals surface area contributed by atoms with Gasteiger partial charge < -0.3 is 19.1 Å². The summed E-state index contributed by atoms with van der Waals surface area (Å²) >= 11 is 0. The first-order valence-electron chi connectivity index (χ1n) is 5.34. The Morgan fingerprint density at radius 2 is 2.33 bits per heavy atom.